The summed E-state index contributed by atoms with van der Waals surface area (Å²) in [6, 6.07) is 0. The van der Waals surface area contributed by atoms with Crippen molar-refractivity contribution in [3.8, 4) is 0 Å². The summed E-state index contributed by atoms with van der Waals surface area (Å²) in [7, 11) is 0. The van der Waals surface area contributed by atoms with Gasteiger partial charge in [0, 0.05) is 6.61 Å². The van der Waals surface area contributed by atoms with Crippen molar-refractivity contribution in [2.75, 3.05) is 6.61 Å². The lowest BCUT2D eigenvalue weighted by Gasteiger charge is -2.51. The molecule has 0 bridgehead atoms. The van der Waals surface area contributed by atoms with Crippen LogP contribution < -0.4 is 0 Å². The fourth-order valence-corrected chi connectivity index (χ4v) is 5.92. The molecular formula is C20H36O. The van der Waals surface area contributed by atoms with Crippen molar-refractivity contribution in [1.29, 1.82) is 0 Å². The summed E-state index contributed by atoms with van der Waals surface area (Å²) in [4.78, 5) is 0. The fourth-order valence-electron chi connectivity index (χ4n) is 5.92. The first-order valence-corrected chi connectivity index (χ1v) is 9.63. The first-order chi connectivity index (χ1) is 10.0. The molecule has 1 heteroatoms. The van der Waals surface area contributed by atoms with Gasteiger partial charge in [0.25, 0.3) is 0 Å². The third-order valence-electron chi connectivity index (χ3n) is 8.01. The topological polar surface area (TPSA) is 20.2 Å². The predicted molar refractivity (Wildman–Crippen MR) is 89.0 cm³/mol. The van der Waals surface area contributed by atoms with Gasteiger partial charge in [-0.15, -0.1) is 0 Å². The van der Waals surface area contributed by atoms with Crippen molar-refractivity contribution >= 4 is 0 Å². The fraction of sp³-hybridized carbons (Fsp3) is 1.00. The third-order valence-corrected chi connectivity index (χ3v) is 8.01. The van der Waals surface area contributed by atoms with Crippen LogP contribution in [-0.2, 0) is 0 Å². The van der Waals surface area contributed by atoms with E-state index in [0.717, 1.165) is 29.6 Å². The lowest BCUT2D eigenvalue weighted by atomic mass is 9.54. The normalized spacial score (nSPS) is 42.0. The highest BCUT2D eigenvalue weighted by molar-refractivity contribution is 4.95. The molecule has 3 fully saturated rings. The number of aliphatic hydroxyl groups is 1. The van der Waals surface area contributed by atoms with Gasteiger partial charge in [-0.3, -0.25) is 0 Å². The van der Waals surface area contributed by atoms with Gasteiger partial charge < -0.3 is 5.11 Å². The van der Waals surface area contributed by atoms with Gasteiger partial charge in [-0.1, -0.05) is 46.5 Å². The Bertz CT molecular complexity index is 348. The molecule has 3 saturated carbocycles. The molecule has 1 nitrogen and oxygen atoms in total. The molecular weight excluding hydrogens is 256 g/mol. The second-order valence-corrected chi connectivity index (χ2v) is 9.21. The Kier molecular flexibility index (Phi) is 4.69. The van der Waals surface area contributed by atoms with Crippen molar-refractivity contribution < 1.29 is 5.11 Å². The zero-order valence-corrected chi connectivity index (χ0v) is 14.5. The van der Waals surface area contributed by atoms with E-state index in [1.807, 2.05) is 0 Å². The molecule has 0 amide bonds. The maximum Gasteiger partial charge on any atom is 0.0461 e. The van der Waals surface area contributed by atoms with E-state index in [-0.39, 0.29) is 0 Å². The third kappa shape index (κ3) is 3.05. The standard InChI is InChI=1S/C20H36O/c1-14(13-21)20(2,3)19-9-8-17-10-15-6-4-5-7-16(15)11-18(17)12-19/h14-19,21H,4-13H2,1-3H3. The van der Waals surface area contributed by atoms with Crippen molar-refractivity contribution in [2.24, 2.45) is 40.9 Å². The molecule has 6 atom stereocenters. The predicted octanol–water partition coefficient (Wildman–Crippen LogP) is 5.27. The average molecular weight is 293 g/mol. The van der Waals surface area contributed by atoms with E-state index in [4.69, 9.17) is 0 Å². The second-order valence-electron chi connectivity index (χ2n) is 9.21. The minimum absolute atomic E-state index is 0.309. The summed E-state index contributed by atoms with van der Waals surface area (Å²) in [5, 5.41) is 9.59. The minimum atomic E-state index is 0.309. The molecule has 6 unspecified atom stereocenters. The molecule has 3 aliphatic rings. The van der Waals surface area contributed by atoms with E-state index in [1.54, 1.807) is 6.42 Å². The Morgan fingerprint density at radius 3 is 2.05 bits per heavy atom. The van der Waals surface area contributed by atoms with E-state index < -0.39 is 0 Å². The molecule has 3 rings (SSSR count). The van der Waals surface area contributed by atoms with Crippen LogP contribution in [-0.4, -0.2) is 11.7 Å². The first kappa shape index (κ1) is 15.8. The average Bonchev–Trinajstić information content (AvgIpc) is 2.51. The molecule has 122 valence electrons. The molecule has 0 aromatic carbocycles. The van der Waals surface area contributed by atoms with Gasteiger partial charge in [0.1, 0.15) is 0 Å². The van der Waals surface area contributed by atoms with Crippen molar-refractivity contribution in [3.05, 3.63) is 0 Å². The van der Waals surface area contributed by atoms with Crippen LogP contribution in [0, 0.1) is 40.9 Å². The molecule has 3 aliphatic carbocycles. The van der Waals surface area contributed by atoms with Crippen LogP contribution in [0.15, 0.2) is 0 Å². The highest BCUT2D eigenvalue weighted by Gasteiger charge is 2.44. The molecule has 0 heterocycles. The van der Waals surface area contributed by atoms with E-state index in [2.05, 4.69) is 20.8 Å². The first-order valence-electron chi connectivity index (χ1n) is 9.63. The summed E-state index contributed by atoms with van der Waals surface area (Å²) in [5.74, 6) is 5.47. The highest BCUT2D eigenvalue weighted by Crippen LogP contribution is 2.54. The number of hydrogen-bond donors (Lipinski definition) is 1. The Labute approximate surface area is 131 Å². The lowest BCUT2D eigenvalue weighted by Crippen LogP contribution is -2.42. The molecule has 21 heavy (non-hydrogen) atoms. The highest BCUT2D eigenvalue weighted by atomic mass is 16.3. The molecule has 0 aliphatic heterocycles. The van der Waals surface area contributed by atoms with Crippen LogP contribution in [0.25, 0.3) is 0 Å². The van der Waals surface area contributed by atoms with Gasteiger partial charge in [0.15, 0.2) is 0 Å². The Morgan fingerprint density at radius 1 is 0.857 bits per heavy atom. The summed E-state index contributed by atoms with van der Waals surface area (Å²) >= 11 is 0. The zero-order valence-electron chi connectivity index (χ0n) is 14.5. The number of hydrogen-bond acceptors (Lipinski definition) is 1. The van der Waals surface area contributed by atoms with Gasteiger partial charge in [-0.2, -0.15) is 0 Å². The van der Waals surface area contributed by atoms with Gasteiger partial charge in [-0.05, 0) is 73.0 Å². The van der Waals surface area contributed by atoms with E-state index in [9.17, 15) is 5.11 Å². The van der Waals surface area contributed by atoms with Crippen molar-refractivity contribution in [1.82, 2.24) is 0 Å². The Balaban J connectivity index is 1.65. The van der Waals surface area contributed by atoms with Crippen molar-refractivity contribution in [2.45, 2.75) is 78.6 Å². The smallest absolute Gasteiger partial charge is 0.0461 e. The monoisotopic (exact) mass is 292 g/mol. The van der Waals surface area contributed by atoms with E-state index in [0.29, 0.717) is 17.9 Å². The van der Waals surface area contributed by atoms with Crippen LogP contribution >= 0.6 is 0 Å². The Hall–Kier alpha value is -0.0400. The largest absolute Gasteiger partial charge is 0.396 e. The zero-order chi connectivity index (χ0) is 15.0. The summed E-state index contributed by atoms with van der Waals surface area (Å²) in [5.41, 5.74) is 0.309. The van der Waals surface area contributed by atoms with E-state index >= 15 is 0 Å². The van der Waals surface area contributed by atoms with E-state index in [1.165, 1.54) is 51.4 Å². The summed E-state index contributed by atoms with van der Waals surface area (Å²) < 4.78 is 0. The molecule has 0 aromatic heterocycles. The number of rotatable bonds is 3. The maximum atomic E-state index is 9.59. The van der Waals surface area contributed by atoms with Crippen LogP contribution in [0.3, 0.4) is 0 Å². The van der Waals surface area contributed by atoms with Crippen LogP contribution in [0.2, 0.25) is 0 Å². The van der Waals surface area contributed by atoms with Crippen LogP contribution in [0.5, 0.6) is 0 Å². The molecule has 0 saturated heterocycles. The van der Waals surface area contributed by atoms with Crippen molar-refractivity contribution in [3.63, 3.8) is 0 Å². The summed E-state index contributed by atoms with van der Waals surface area (Å²) in [6.45, 7) is 7.41. The number of fused-ring (bicyclic) bond motifs is 2. The minimum Gasteiger partial charge on any atom is -0.396 e. The molecule has 0 spiro atoms. The second kappa shape index (κ2) is 6.22. The number of aliphatic hydroxyl groups excluding tert-OH is 1. The van der Waals surface area contributed by atoms with Crippen LogP contribution in [0.4, 0.5) is 0 Å². The SMILES string of the molecule is CC(CO)C(C)(C)C1CCC2CC3CCCCC3CC2C1. The van der Waals surface area contributed by atoms with Gasteiger partial charge in [0.2, 0.25) is 0 Å². The maximum absolute atomic E-state index is 9.59. The van der Waals surface area contributed by atoms with Gasteiger partial charge in [0.05, 0.1) is 0 Å². The lowest BCUT2D eigenvalue weighted by molar-refractivity contribution is -0.0171. The van der Waals surface area contributed by atoms with Crippen LogP contribution in [0.1, 0.15) is 78.6 Å². The molecule has 0 aromatic rings. The van der Waals surface area contributed by atoms with Gasteiger partial charge >= 0.3 is 0 Å². The molecule has 0 radical (unpaired) electrons. The molecule has 1 N–H and O–H groups in total. The quantitative estimate of drug-likeness (QED) is 0.751. The Morgan fingerprint density at radius 2 is 1.43 bits per heavy atom. The summed E-state index contributed by atoms with van der Waals surface area (Å²) in [6.07, 6.45) is 13.5. The van der Waals surface area contributed by atoms with Gasteiger partial charge in [-0.25, -0.2) is 0 Å².